The van der Waals surface area contributed by atoms with Gasteiger partial charge in [0.05, 0.1) is 16.8 Å². The fourth-order valence-electron chi connectivity index (χ4n) is 9.13. The number of fused-ring (bicyclic) bond motifs is 1. The van der Waals surface area contributed by atoms with Crippen LogP contribution in [0.3, 0.4) is 0 Å². The minimum absolute atomic E-state index is 0.0212. The van der Waals surface area contributed by atoms with Gasteiger partial charge in [-0.05, 0) is 73.6 Å². The summed E-state index contributed by atoms with van der Waals surface area (Å²) in [6, 6.07) is 5.72. The Morgan fingerprint density at radius 1 is 0.840 bits per heavy atom. The van der Waals surface area contributed by atoms with Crippen LogP contribution in [-0.4, -0.2) is 95.0 Å². The predicted molar refractivity (Wildman–Crippen MR) is 182 cm³/mol. The van der Waals surface area contributed by atoms with Crippen molar-refractivity contribution < 1.29 is 28.4 Å². The van der Waals surface area contributed by atoms with Crippen molar-refractivity contribution in [3.8, 4) is 0 Å². The van der Waals surface area contributed by atoms with Crippen LogP contribution in [-0.2, 0) is 9.59 Å². The van der Waals surface area contributed by atoms with E-state index in [9.17, 15) is 24.0 Å². The molecule has 50 heavy (non-hydrogen) atoms. The molecule has 4 aliphatic heterocycles. The summed E-state index contributed by atoms with van der Waals surface area (Å²) in [5.41, 5.74) is 0.710. The molecule has 4 fully saturated rings. The third-order valence-corrected chi connectivity index (χ3v) is 11.3. The first-order chi connectivity index (χ1) is 23.7. The molecule has 5 amide bonds. The Bertz CT molecular complexity index is 1720. The fourth-order valence-corrected chi connectivity index (χ4v) is 9.13. The number of hydrogen-bond donors (Lipinski definition) is 3. The molecular weight excluding hydrogens is 643 g/mol. The van der Waals surface area contributed by atoms with Gasteiger partial charge in [-0.25, -0.2) is 4.39 Å². The molecule has 1 saturated carbocycles. The average molecular weight is 689 g/mol. The summed E-state index contributed by atoms with van der Waals surface area (Å²) >= 11 is 0. The summed E-state index contributed by atoms with van der Waals surface area (Å²) < 4.78 is 15.4. The highest BCUT2D eigenvalue weighted by Gasteiger charge is 2.53. The molecule has 14 heteroatoms. The van der Waals surface area contributed by atoms with Crippen LogP contribution < -0.4 is 25.8 Å². The molecule has 5 aliphatic rings. The Morgan fingerprint density at radius 2 is 1.44 bits per heavy atom. The summed E-state index contributed by atoms with van der Waals surface area (Å²) in [6.45, 7) is 11.5. The molecule has 0 radical (unpaired) electrons. The van der Waals surface area contributed by atoms with E-state index in [1.54, 1.807) is 6.07 Å². The Morgan fingerprint density at radius 3 is 2.00 bits per heavy atom. The number of imide groups is 2. The lowest BCUT2D eigenvalue weighted by atomic mass is 9.52. The van der Waals surface area contributed by atoms with E-state index in [4.69, 9.17) is 0 Å². The van der Waals surface area contributed by atoms with Crippen LogP contribution in [0.1, 0.15) is 104 Å². The predicted octanol–water partition coefficient (Wildman–Crippen LogP) is 2.80. The number of carbonyl (C=O) groups excluding carboxylic acids is 5. The molecular formula is C36H45FN8O5. The molecule has 7 rings (SSSR count). The van der Waals surface area contributed by atoms with E-state index in [0.717, 1.165) is 62.0 Å². The van der Waals surface area contributed by atoms with Crippen molar-refractivity contribution in [1.82, 2.24) is 31.0 Å². The van der Waals surface area contributed by atoms with Crippen LogP contribution in [0.25, 0.3) is 0 Å². The average Bonchev–Trinajstić information content (AvgIpc) is 3.31. The van der Waals surface area contributed by atoms with Crippen molar-refractivity contribution in [2.24, 2.45) is 10.8 Å². The third-order valence-electron chi connectivity index (χ3n) is 11.3. The van der Waals surface area contributed by atoms with E-state index in [0.29, 0.717) is 24.8 Å². The monoisotopic (exact) mass is 688 g/mol. The van der Waals surface area contributed by atoms with Gasteiger partial charge >= 0.3 is 0 Å². The first-order valence-corrected chi connectivity index (χ1v) is 17.7. The third kappa shape index (κ3) is 6.22. The van der Waals surface area contributed by atoms with Gasteiger partial charge in [0.15, 0.2) is 11.5 Å². The molecule has 0 spiro atoms. The maximum absolute atomic E-state index is 15.4. The standard InChI is InChI=1S/C36H45FN8O5/c1-35(2)19-36(3,4)34(35)40-30(47)25-5-7-28(42-41-25)44-15-11-21(12-16-44)38-20-9-13-43(14-10-20)27-18-23-22(17-24(27)37)32(49)45(33(23)50)26-6-8-29(46)39-31(26)48/h5,7,17-18,20-21,26,34,38H,6,8-16,19H2,1-4H3,(H,40,47)(H,39,46,48). The van der Waals surface area contributed by atoms with Gasteiger partial charge in [-0.1, -0.05) is 27.7 Å². The lowest BCUT2D eigenvalue weighted by molar-refractivity contribution is -0.136. The van der Waals surface area contributed by atoms with Gasteiger partial charge in [0.25, 0.3) is 17.7 Å². The Balaban J connectivity index is 0.890. The maximum Gasteiger partial charge on any atom is 0.272 e. The van der Waals surface area contributed by atoms with Crippen molar-refractivity contribution >= 4 is 41.0 Å². The quantitative estimate of drug-likeness (QED) is 0.370. The zero-order chi connectivity index (χ0) is 35.5. The van der Waals surface area contributed by atoms with Crippen LogP contribution in [0.2, 0.25) is 0 Å². The largest absolute Gasteiger partial charge is 0.369 e. The highest BCUT2D eigenvalue weighted by molar-refractivity contribution is 6.23. The van der Waals surface area contributed by atoms with Crippen molar-refractivity contribution in [1.29, 1.82) is 0 Å². The number of rotatable bonds is 7. The second-order valence-electron chi connectivity index (χ2n) is 15.8. The van der Waals surface area contributed by atoms with Crippen LogP contribution >= 0.6 is 0 Å². The highest BCUT2D eigenvalue weighted by Crippen LogP contribution is 2.53. The number of amides is 5. The number of halogens is 1. The van der Waals surface area contributed by atoms with Crippen molar-refractivity contribution in [2.45, 2.75) is 96.8 Å². The summed E-state index contributed by atoms with van der Waals surface area (Å²) in [5.74, 6) is -2.53. The van der Waals surface area contributed by atoms with Crippen molar-refractivity contribution in [3.63, 3.8) is 0 Å². The molecule has 1 atom stereocenters. The molecule has 3 N–H and O–H groups in total. The fraction of sp³-hybridized carbons (Fsp3) is 0.583. The smallest absolute Gasteiger partial charge is 0.272 e. The molecule has 3 saturated heterocycles. The number of aromatic nitrogens is 2. The van der Waals surface area contributed by atoms with Gasteiger partial charge in [-0.3, -0.25) is 34.2 Å². The minimum Gasteiger partial charge on any atom is -0.369 e. The number of piperidine rings is 3. The minimum atomic E-state index is -1.09. The Hall–Kier alpha value is -4.46. The summed E-state index contributed by atoms with van der Waals surface area (Å²) in [5, 5.41) is 17.8. The summed E-state index contributed by atoms with van der Waals surface area (Å²) in [7, 11) is 0. The SMILES string of the molecule is CC1(C)CC(C)(C)C1NC(=O)c1ccc(N2CCC(NC3CCN(c4cc5c(cc4F)C(=O)N(C4CCC(=O)NC4=O)C5=O)CC3)CC2)nn1. The lowest BCUT2D eigenvalue weighted by Crippen LogP contribution is -2.63. The normalized spacial score (nSPS) is 24.3. The number of benzene rings is 1. The molecule has 2 aromatic rings. The molecule has 1 aromatic carbocycles. The molecule has 13 nitrogen and oxygen atoms in total. The van der Waals surface area contributed by atoms with Gasteiger partial charge in [-0.15, -0.1) is 10.2 Å². The number of carbonyl (C=O) groups is 5. The molecule has 266 valence electrons. The number of nitrogens with one attached hydrogen (secondary N) is 3. The topological polar surface area (TPSA) is 157 Å². The first kappa shape index (κ1) is 34.0. The molecule has 1 unspecified atom stereocenters. The highest BCUT2D eigenvalue weighted by atomic mass is 19.1. The zero-order valence-electron chi connectivity index (χ0n) is 29.1. The van der Waals surface area contributed by atoms with Gasteiger partial charge in [0, 0.05) is 50.7 Å². The Kier molecular flexibility index (Phi) is 8.64. The van der Waals surface area contributed by atoms with E-state index in [-0.39, 0.29) is 58.5 Å². The van der Waals surface area contributed by atoms with E-state index < -0.39 is 35.5 Å². The van der Waals surface area contributed by atoms with Crippen LogP contribution in [0.4, 0.5) is 15.9 Å². The van der Waals surface area contributed by atoms with E-state index in [1.807, 2.05) is 11.0 Å². The van der Waals surface area contributed by atoms with E-state index in [1.165, 1.54) is 6.07 Å². The summed E-state index contributed by atoms with van der Waals surface area (Å²) in [6.07, 6.45) is 4.55. The lowest BCUT2D eigenvalue weighted by Gasteiger charge is -2.57. The van der Waals surface area contributed by atoms with Gasteiger partial charge < -0.3 is 20.4 Å². The van der Waals surface area contributed by atoms with Crippen LogP contribution in [0, 0.1) is 16.6 Å². The zero-order valence-corrected chi connectivity index (χ0v) is 29.1. The first-order valence-electron chi connectivity index (χ1n) is 17.7. The van der Waals surface area contributed by atoms with Gasteiger partial charge in [0.2, 0.25) is 11.8 Å². The second-order valence-corrected chi connectivity index (χ2v) is 15.8. The molecule has 5 heterocycles. The summed E-state index contributed by atoms with van der Waals surface area (Å²) in [4.78, 5) is 68.1. The Labute approximate surface area is 290 Å². The number of hydrogen-bond acceptors (Lipinski definition) is 10. The van der Waals surface area contributed by atoms with Gasteiger partial charge in [0.1, 0.15) is 11.9 Å². The molecule has 1 aromatic heterocycles. The van der Waals surface area contributed by atoms with E-state index in [2.05, 4.69) is 58.7 Å². The number of anilines is 2. The second kappa shape index (κ2) is 12.7. The van der Waals surface area contributed by atoms with Gasteiger partial charge in [-0.2, -0.15) is 0 Å². The van der Waals surface area contributed by atoms with Crippen LogP contribution in [0.15, 0.2) is 24.3 Å². The molecule has 1 aliphatic carbocycles. The molecule has 0 bridgehead atoms. The van der Waals surface area contributed by atoms with Crippen molar-refractivity contribution in [2.75, 3.05) is 36.0 Å². The maximum atomic E-state index is 15.4. The van der Waals surface area contributed by atoms with Crippen molar-refractivity contribution in [3.05, 3.63) is 46.9 Å². The number of nitrogens with zero attached hydrogens (tertiary/aromatic N) is 5. The van der Waals surface area contributed by atoms with Crippen LogP contribution in [0.5, 0.6) is 0 Å². The van der Waals surface area contributed by atoms with E-state index >= 15 is 4.39 Å².